The number of hydrogen-bond acceptors (Lipinski definition) is 5. The lowest BCUT2D eigenvalue weighted by Gasteiger charge is -2.23. The first kappa shape index (κ1) is 16.7. The predicted molar refractivity (Wildman–Crippen MR) is 101 cm³/mol. The number of nitrogens with zero attached hydrogens (tertiary/aromatic N) is 4. The van der Waals surface area contributed by atoms with Gasteiger partial charge in [-0.15, -0.1) is 0 Å². The molecule has 0 fully saturated rings. The van der Waals surface area contributed by atoms with Crippen LogP contribution in [-0.2, 0) is 12.8 Å². The summed E-state index contributed by atoms with van der Waals surface area (Å²) in [7, 11) is 6.20. The van der Waals surface area contributed by atoms with Gasteiger partial charge in [-0.2, -0.15) is 4.98 Å². The lowest BCUT2D eigenvalue weighted by Crippen LogP contribution is -2.25. The average Bonchev–Trinajstić information content (AvgIpc) is 2.96. The molecule has 0 radical (unpaired) electrons. The maximum atomic E-state index is 4.89. The molecule has 1 aromatic heterocycles. The van der Waals surface area contributed by atoms with Crippen LogP contribution in [0.15, 0.2) is 36.0 Å². The van der Waals surface area contributed by atoms with Gasteiger partial charge < -0.3 is 15.1 Å². The van der Waals surface area contributed by atoms with E-state index in [4.69, 9.17) is 9.97 Å². The van der Waals surface area contributed by atoms with Crippen LogP contribution >= 0.6 is 0 Å². The van der Waals surface area contributed by atoms with Gasteiger partial charge in [-0.1, -0.05) is 30.4 Å². The number of nitrogens with one attached hydrogen (secondary N) is 1. The van der Waals surface area contributed by atoms with E-state index in [0.29, 0.717) is 0 Å². The van der Waals surface area contributed by atoms with E-state index in [9.17, 15) is 0 Å². The maximum absolute atomic E-state index is 4.89. The molecule has 0 bridgehead atoms. The second-order valence-corrected chi connectivity index (χ2v) is 6.57. The number of rotatable bonds is 4. The largest absolute Gasteiger partial charge is 0.362 e. The second-order valence-electron chi connectivity index (χ2n) is 6.57. The summed E-state index contributed by atoms with van der Waals surface area (Å²) in [6, 6.07) is 0. The van der Waals surface area contributed by atoms with Gasteiger partial charge >= 0.3 is 0 Å². The molecule has 0 saturated carbocycles. The van der Waals surface area contributed by atoms with Crippen LogP contribution in [0.1, 0.15) is 17.7 Å². The van der Waals surface area contributed by atoms with Gasteiger partial charge in [0.1, 0.15) is 5.82 Å². The lowest BCUT2D eigenvalue weighted by atomic mass is 10.1. The van der Waals surface area contributed by atoms with Crippen LogP contribution in [0.4, 0.5) is 11.8 Å². The molecule has 1 aromatic rings. The van der Waals surface area contributed by atoms with E-state index in [-0.39, 0.29) is 0 Å². The smallest absolute Gasteiger partial charge is 0.227 e. The first-order valence-corrected chi connectivity index (χ1v) is 8.66. The molecular weight excluding hydrogens is 298 g/mol. The van der Waals surface area contributed by atoms with Crippen molar-refractivity contribution in [3.05, 3.63) is 47.2 Å². The summed E-state index contributed by atoms with van der Waals surface area (Å²) < 4.78 is 0. The molecular formula is C19H27N5. The molecule has 1 aliphatic carbocycles. The second kappa shape index (κ2) is 7.62. The monoisotopic (exact) mass is 325 g/mol. The van der Waals surface area contributed by atoms with Gasteiger partial charge in [-0.3, -0.25) is 0 Å². The molecule has 0 unspecified atom stereocenters. The van der Waals surface area contributed by atoms with Crippen LogP contribution < -0.4 is 15.1 Å². The van der Waals surface area contributed by atoms with Crippen LogP contribution in [0.5, 0.6) is 0 Å². The minimum atomic E-state index is 0.811. The first-order valence-electron chi connectivity index (χ1n) is 8.66. The highest BCUT2D eigenvalue weighted by atomic mass is 15.3. The Morgan fingerprint density at radius 3 is 2.75 bits per heavy atom. The van der Waals surface area contributed by atoms with E-state index in [1.807, 2.05) is 0 Å². The summed E-state index contributed by atoms with van der Waals surface area (Å²) >= 11 is 0. The van der Waals surface area contributed by atoms with Crippen molar-refractivity contribution in [1.29, 1.82) is 0 Å². The minimum absolute atomic E-state index is 0.811. The quantitative estimate of drug-likeness (QED) is 0.918. The van der Waals surface area contributed by atoms with Crippen molar-refractivity contribution in [2.75, 3.05) is 50.6 Å². The maximum Gasteiger partial charge on any atom is 0.227 e. The number of fused-ring (bicyclic) bond motifs is 1. The Bertz CT molecular complexity index is 673. The van der Waals surface area contributed by atoms with E-state index >= 15 is 0 Å². The van der Waals surface area contributed by atoms with Crippen molar-refractivity contribution in [1.82, 2.24) is 15.3 Å². The molecule has 0 spiro atoms. The molecule has 1 aliphatic heterocycles. The molecule has 0 saturated heterocycles. The van der Waals surface area contributed by atoms with Gasteiger partial charge in [0.15, 0.2) is 0 Å². The van der Waals surface area contributed by atoms with Gasteiger partial charge in [0, 0.05) is 46.2 Å². The average molecular weight is 325 g/mol. The Hall–Kier alpha value is -2.14. The van der Waals surface area contributed by atoms with Gasteiger partial charge in [0.25, 0.3) is 0 Å². The molecule has 24 heavy (non-hydrogen) atoms. The Balaban J connectivity index is 1.88. The Kier molecular flexibility index (Phi) is 5.30. The van der Waals surface area contributed by atoms with Crippen molar-refractivity contribution in [3.8, 4) is 0 Å². The van der Waals surface area contributed by atoms with Crippen LogP contribution in [0, 0.1) is 0 Å². The molecule has 2 aliphatic rings. The van der Waals surface area contributed by atoms with E-state index in [0.717, 1.165) is 50.7 Å². The molecule has 5 nitrogen and oxygen atoms in total. The fraction of sp³-hybridized carbons (Fsp3) is 0.474. The third-order valence-corrected chi connectivity index (χ3v) is 4.41. The summed E-state index contributed by atoms with van der Waals surface area (Å²) in [5.41, 5.74) is 3.78. The summed E-state index contributed by atoms with van der Waals surface area (Å²) in [6.07, 6.45) is 13.7. The Morgan fingerprint density at radius 1 is 1.08 bits per heavy atom. The van der Waals surface area contributed by atoms with E-state index < -0.39 is 0 Å². The van der Waals surface area contributed by atoms with E-state index in [1.165, 1.54) is 16.8 Å². The van der Waals surface area contributed by atoms with Gasteiger partial charge in [0.2, 0.25) is 5.95 Å². The van der Waals surface area contributed by atoms with Gasteiger partial charge in [0.05, 0.1) is 5.69 Å². The normalized spacial score (nSPS) is 16.9. The highest BCUT2D eigenvalue weighted by Crippen LogP contribution is 2.25. The molecule has 128 valence electrons. The number of allylic oxidation sites excluding steroid dienone is 4. The lowest BCUT2D eigenvalue weighted by molar-refractivity contribution is 0.708. The van der Waals surface area contributed by atoms with Crippen molar-refractivity contribution in [2.24, 2.45) is 0 Å². The molecule has 0 atom stereocenters. The van der Waals surface area contributed by atoms with Crippen molar-refractivity contribution < 1.29 is 0 Å². The molecule has 0 aromatic carbocycles. The van der Waals surface area contributed by atoms with Crippen molar-refractivity contribution >= 4 is 11.8 Å². The Labute approximate surface area is 144 Å². The standard InChI is InChI=1S/C19H27N5/c1-23(2)18-16-10-12-20-13-11-17(16)21-19(22-18)24(3)14-15-8-6-4-5-7-9-15/h4-6,8-9,20H,7,10-14H2,1-3H3. The fourth-order valence-corrected chi connectivity index (χ4v) is 3.14. The van der Waals surface area contributed by atoms with E-state index in [2.05, 4.69) is 66.6 Å². The number of likely N-dealkylation sites (N-methyl/N-ethyl adjacent to an activating group) is 1. The Morgan fingerprint density at radius 2 is 1.92 bits per heavy atom. The van der Waals surface area contributed by atoms with Crippen LogP contribution in [0.3, 0.4) is 0 Å². The zero-order valence-corrected chi connectivity index (χ0v) is 14.9. The third-order valence-electron chi connectivity index (χ3n) is 4.41. The molecule has 0 amide bonds. The highest BCUT2D eigenvalue weighted by molar-refractivity contribution is 5.53. The van der Waals surface area contributed by atoms with Crippen LogP contribution in [0.25, 0.3) is 0 Å². The van der Waals surface area contributed by atoms with Crippen LogP contribution in [0.2, 0.25) is 0 Å². The fourth-order valence-electron chi connectivity index (χ4n) is 3.14. The molecule has 3 rings (SSSR count). The number of anilines is 2. The zero-order chi connectivity index (χ0) is 16.9. The number of hydrogen-bond donors (Lipinski definition) is 1. The minimum Gasteiger partial charge on any atom is -0.362 e. The van der Waals surface area contributed by atoms with Gasteiger partial charge in [-0.05, 0) is 25.0 Å². The first-order chi connectivity index (χ1) is 11.6. The zero-order valence-electron chi connectivity index (χ0n) is 14.9. The van der Waals surface area contributed by atoms with E-state index in [1.54, 1.807) is 0 Å². The molecule has 5 heteroatoms. The predicted octanol–water partition coefficient (Wildman–Crippen LogP) is 2.11. The van der Waals surface area contributed by atoms with Crippen molar-refractivity contribution in [2.45, 2.75) is 19.3 Å². The SMILES string of the molecule is CN(C)c1nc(N(C)CC2=CCC=CC=C2)nc2c1CCNCC2. The number of aromatic nitrogens is 2. The summed E-state index contributed by atoms with van der Waals surface area (Å²) in [4.78, 5) is 14.0. The van der Waals surface area contributed by atoms with Crippen LogP contribution in [-0.4, -0.2) is 50.7 Å². The summed E-state index contributed by atoms with van der Waals surface area (Å²) in [6.45, 7) is 2.80. The summed E-state index contributed by atoms with van der Waals surface area (Å²) in [5, 5.41) is 3.46. The molecule has 1 N–H and O–H groups in total. The highest BCUT2D eigenvalue weighted by Gasteiger charge is 2.19. The third kappa shape index (κ3) is 3.85. The summed E-state index contributed by atoms with van der Waals surface area (Å²) in [5.74, 6) is 1.86. The van der Waals surface area contributed by atoms with Gasteiger partial charge in [-0.25, -0.2) is 4.98 Å². The van der Waals surface area contributed by atoms with Crippen molar-refractivity contribution in [3.63, 3.8) is 0 Å². The molecule has 2 heterocycles. The topological polar surface area (TPSA) is 44.3 Å².